The van der Waals surface area contributed by atoms with E-state index in [1.54, 1.807) is 12.1 Å². The lowest BCUT2D eigenvalue weighted by molar-refractivity contribution is 0.209. The number of hydrogen-bond acceptors (Lipinski definition) is 5. The van der Waals surface area contributed by atoms with Crippen LogP contribution in [-0.2, 0) is 13.0 Å². The van der Waals surface area contributed by atoms with Crippen molar-refractivity contribution < 1.29 is 9.53 Å². The molecular weight excluding hydrogens is 354 g/mol. The second-order valence-corrected chi connectivity index (χ2v) is 6.65. The van der Waals surface area contributed by atoms with Crippen molar-refractivity contribution in [3.05, 3.63) is 60.4 Å². The summed E-state index contributed by atoms with van der Waals surface area (Å²) in [6.07, 6.45) is 2.95. The van der Waals surface area contributed by atoms with Crippen LogP contribution in [-0.4, -0.2) is 25.8 Å². The van der Waals surface area contributed by atoms with Crippen molar-refractivity contribution in [2.75, 3.05) is 0 Å². The largest absolute Gasteiger partial charge is 0.411 e. The van der Waals surface area contributed by atoms with E-state index in [1.807, 2.05) is 41.2 Å². The quantitative estimate of drug-likeness (QED) is 0.594. The van der Waals surface area contributed by atoms with E-state index >= 15 is 0 Å². The van der Waals surface area contributed by atoms with Crippen LogP contribution in [0.15, 0.2) is 54.7 Å². The third kappa shape index (κ3) is 2.68. The molecule has 0 saturated heterocycles. The van der Waals surface area contributed by atoms with Crippen LogP contribution in [0.25, 0.3) is 33.4 Å². The number of ether oxygens (including phenoxy) is 1. The highest BCUT2D eigenvalue weighted by atomic mass is 16.6. The molecule has 0 saturated carbocycles. The van der Waals surface area contributed by atoms with Crippen molar-refractivity contribution in [2.24, 2.45) is 5.73 Å². The zero-order valence-corrected chi connectivity index (χ0v) is 15.0. The highest BCUT2D eigenvalue weighted by Crippen LogP contribution is 2.39. The van der Waals surface area contributed by atoms with Gasteiger partial charge in [0.25, 0.3) is 0 Å². The van der Waals surface area contributed by atoms with Gasteiger partial charge in [0, 0.05) is 35.5 Å². The number of aryl methyl sites for hydroxylation is 1. The van der Waals surface area contributed by atoms with Crippen LogP contribution in [0.3, 0.4) is 0 Å². The Kier molecular flexibility index (Phi) is 3.79. The van der Waals surface area contributed by atoms with Gasteiger partial charge in [-0.25, -0.2) is 9.78 Å². The van der Waals surface area contributed by atoms with Crippen LogP contribution < -0.4 is 10.5 Å². The van der Waals surface area contributed by atoms with Gasteiger partial charge >= 0.3 is 6.09 Å². The maximum Gasteiger partial charge on any atom is 0.411 e. The first-order chi connectivity index (χ1) is 13.7. The molecule has 2 N–H and O–H groups in total. The van der Waals surface area contributed by atoms with Crippen molar-refractivity contribution in [1.29, 1.82) is 0 Å². The minimum absolute atomic E-state index is 0.156. The molecule has 0 radical (unpaired) electrons. The topological polar surface area (TPSA) is 95.9 Å². The molecule has 7 nitrogen and oxygen atoms in total. The predicted molar refractivity (Wildman–Crippen MR) is 105 cm³/mol. The van der Waals surface area contributed by atoms with Crippen LogP contribution >= 0.6 is 0 Å². The standard InChI is InChI=1S/C21H17N5O2/c22-21(27)28-18-9-3-7-16(24-18)20-19(17-8-4-12-26(17)25-20)14-10-11-23-15-6-2-1-5-13(14)15/h1-3,5-7,9-11H,4,8,12H2,(H2,22,27). The maximum atomic E-state index is 11.1. The SMILES string of the molecule is NC(=O)Oc1cccc(-c2nn3c(c2-c2ccnc4ccccc24)CCC3)n1. The molecule has 0 fully saturated rings. The Hall–Kier alpha value is -3.74. The molecule has 0 aliphatic carbocycles. The van der Waals surface area contributed by atoms with E-state index in [0.717, 1.165) is 47.1 Å². The summed E-state index contributed by atoms with van der Waals surface area (Å²) in [6.45, 7) is 0.878. The van der Waals surface area contributed by atoms with Gasteiger partial charge in [0.2, 0.25) is 5.88 Å². The Bertz CT molecular complexity index is 1210. The van der Waals surface area contributed by atoms with Crippen LogP contribution in [0.5, 0.6) is 5.88 Å². The highest BCUT2D eigenvalue weighted by Gasteiger charge is 2.25. The van der Waals surface area contributed by atoms with E-state index in [4.69, 9.17) is 15.6 Å². The summed E-state index contributed by atoms with van der Waals surface area (Å²) in [7, 11) is 0. The fourth-order valence-corrected chi connectivity index (χ4v) is 3.81. The summed E-state index contributed by atoms with van der Waals surface area (Å²) < 4.78 is 7.00. The fourth-order valence-electron chi connectivity index (χ4n) is 3.81. The Morgan fingerprint density at radius 3 is 2.89 bits per heavy atom. The van der Waals surface area contributed by atoms with E-state index in [9.17, 15) is 4.79 Å². The lowest BCUT2D eigenvalue weighted by atomic mass is 9.97. The second kappa shape index (κ2) is 6.45. The van der Waals surface area contributed by atoms with Crippen molar-refractivity contribution in [2.45, 2.75) is 19.4 Å². The maximum absolute atomic E-state index is 11.1. The molecule has 1 amide bonds. The first kappa shape index (κ1) is 16.4. The number of pyridine rings is 2. The van der Waals surface area contributed by atoms with E-state index in [-0.39, 0.29) is 5.88 Å². The second-order valence-electron chi connectivity index (χ2n) is 6.65. The van der Waals surface area contributed by atoms with E-state index in [0.29, 0.717) is 5.69 Å². The number of para-hydroxylation sites is 1. The van der Waals surface area contributed by atoms with Gasteiger partial charge in [-0.3, -0.25) is 9.67 Å². The Labute approximate surface area is 160 Å². The van der Waals surface area contributed by atoms with Gasteiger partial charge in [-0.15, -0.1) is 0 Å². The molecule has 5 rings (SSSR count). The summed E-state index contributed by atoms with van der Waals surface area (Å²) in [6, 6.07) is 15.3. The van der Waals surface area contributed by atoms with E-state index in [2.05, 4.69) is 16.0 Å². The number of hydrogen-bond donors (Lipinski definition) is 1. The van der Waals surface area contributed by atoms with Gasteiger partial charge in [0.05, 0.1) is 11.2 Å². The summed E-state index contributed by atoms with van der Waals surface area (Å²) in [4.78, 5) is 20.0. The summed E-state index contributed by atoms with van der Waals surface area (Å²) in [5.74, 6) is 0.156. The lowest BCUT2D eigenvalue weighted by Crippen LogP contribution is -2.16. The Morgan fingerprint density at radius 2 is 2.00 bits per heavy atom. The number of benzene rings is 1. The molecule has 138 valence electrons. The molecule has 1 aliphatic rings. The monoisotopic (exact) mass is 371 g/mol. The predicted octanol–water partition coefficient (Wildman–Crippen LogP) is 3.56. The number of nitrogens with zero attached hydrogens (tertiary/aromatic N) is 4. The molecule has 28 heavy (non-hydrogen) atoms. The average molecular weight is 371 g/mol. The van der Waals surface area contributed by atoms with Gasteiger partial charge in [-0.2, -0.15) is 5.10 Å². The first-order valence-electron chi connectivity index (χ1n) is 9.09. The number of aromatic nitrogens is 4. The molecule has 0 bridgehead atoms. The van der Waals surface area contributed by atoms with Crippen molar-refractivity contribution in [3.8, 4) is 28.4 Å². The Morgan fingerprint density at radius 1 is 1.11 bits per heavy atom. The van der Waals surface area contributed by atoms with Gasteiger partial charge in [-0.05, 0) is 36.6 Å². The molecule has 4 heterocycles. The Balaban J connectivity index is 1.74. The fraction of sp³-hybridized carbons (Fsp3) is 0.143. The smallest absolute Gasteiger partial charge is 0.391 e. The van der Waals surface area contributed by atoms with Crippen molar-refractivity contribution >= 4 is 17.0 Å². The first-order valence-corrected chi connectivity index (χ1v) is 9.09. The number of rotatable bonds is 3. The normalized spacial score (nSPS) is 12.9. The third-order valence-electron chi connectivity index (χ3n) is 4.93. The molecular formula is C21H17N5O2. The number of carbonyl (C=O) groups is 1. The van der Waals surface area contributed by atoms with Crippen molar-refractivity contribution in [3.63, 3.8) is 0 Å². The number of primary amides is 1. The minimum atomic E-state index is -0.891. The molecule has 0 spiro atoms. The number of carbonyl (C=O) groups excluding carboxylic acids is 1. The van der Waals surface area contributed by atoms with Crippen LogP contribution in [0, 0.1) is 0 Å². The van der Waals surface area contributed by atoms with Gasteiger partial charge in [0.15, 0.2) is 0 Å². The minimum Gasteiger partial charge on any atom is -0.391 e. The third-order valence-corrected chi connectivity index (χ3v) is 4.93. The van der Waals surface area contributed by atoms with Crippen LogP contribution in [0.1, 0.15) is 12.1 Å². The summed E-state index contributed by atoms with van der Waals surface area (Å²) >= 11 is 0. The van der Waals surface area contributed by atoms with Gasteiger partial charge in [-0.1, -0.05) is 24.3 Å². The highest BCUT2D eigenvalue weighted by molar-refractivity contribution is 5.98. The van der Waals surface area contributed by atoms with Crippen LogP contribution in [0.4, 0.5) is 4.79 Å². The number of amides is 1. The molecule has 1 aliphatic heterocycles. The molecule has 0 atom stereocenters. The average Bonchev–Trinajstić information content (AvgIpc) is 3.28. The lowest BCUT2D eigenvalue weighted by Gasteiger charge is -2.09. The number of nitrogens with two attached hydrogens (primary N) is 1. The van der Waals surface area contributed by atoms with E-state index in [1.165, 1.54) is 5.69 Å². The van der Waals surface area contributed by atoms with Crippen molar-refractivity contribution in [1.82, 2.24) is 19.7 Å². The van der Waals surface area contributed by atoms with Gasteiger partial charge in [0.1, 0.15) is 5.69 Å². The molecule has 0 unspecified atom stereocenters. The van der Waals surface area contributed by atoms with E-state index < -0.39 is 6.09 Å². The molecule has 7 heteroatoms. The molecule has 4 aromatic rings. The molecule has 3 aromatic heterocycles. The summed E-state index contributed by atoms with van der Waals surface area (Å²) in [5.41, 5.74) is 10.8. The zero-order chi connectivity index (χ0) is 19.1. The van der Waals surface area contributed by atoms with Gasteiger partial charge < -0.3 is 10.5 Å². The zero-order valence-electron chi connectivity index (χ0n) is 15.0. The summed E-state index contributed by atoms with van der Waals surface area (Å²) in [5, 5.41) is 5.89. The number of fused-ring (bicyclic) bond motifs is 2. The van der Waals surface area contributed by atoms with Crippen LogP contribution in [0.2, 0.25) is 0 Å². The molecule has 1 aromatic carbocycles.